The molecule has 0 radical (unpaired) electrons. The fourth-order valence-corrected chi connectivity index (χ4v) is 4.40. The van der Waals surface area contributed by atoms with E-state index in [1.54, 1.807) is 0 Å². The molecule has 0 unspecified atom stereocenters. The summed E-state index contributed by atoms with van der Waals surface area (Å²) in [6, 6.07) is 0. The Morgan fingerprint density at radius 2 is 1.75 bits per heavy atom. The highest BCUT2D eigenvalue weighted by atomic mass is 16.5. The predicted octanol–water partition coefficient (Wildman–Crippen LogP) is 0.829. The summed E-state index contributed by atoms with van der Waals surface area (Å²) in [5.74, 6) is 1.02. The molecule has 4 aliphatic rings. The van der Waals surface area contributed by atoms with Gasteiger partial charge in [0.05, 0.1) is 12.2 Å². The lowest BCUT2D eigenvalue weighted by atomic mass is 9.58. The normalized spacial score (nSPS) is 31.8. The zero-order chi connectivity index (χ0) is 13.4. The van der Waals surface area contributed by atoms with Gasteiger partial charge in [0, 0.05) is 39.3 Å². The molecule has 4 heteroatoms. The molecule has 0 aromatic carbocycles. The van der Waals surface area contributed by atoms with Crippen LogP contribution < -0.4 is 10.6 Å². The number of likely N-dealkylation sites (tertiary alicyclic amines) is 1. The van der Waals surface area contributed by atoms with Crippen LogP contribution in [-0.4, -0.2) is 62.9 Å². The largest absolute Gasteiger partial charge is 0.372 e. The number of rotatable bonds is 5. The van der Waals surface area contributed by atoms with E-state index in [9.17, 15) is 0 Å². The van der Waals surface area contributed by atoms with E-state index in [1.807, 2.05) is 0 Å². The van der Waals surface area contributed by atoms with E-state index >= 15 is 0 Å². The fraction of sp³-hybridized carbons (Fsp3) is 1.00. The van der Waals surface area contributed by atoms with Crippen molar-refractivity contribution in [1.82, 2.24) is 15.5 Å². The first kappa shape index (κ1) is 13.5. The summed E-state index contributed by atoms with van der Waals surface area (Å²) in [5, 5.41) is 6.71. The maximum atomic E-state index is 6.09. The van der Waals surface area contributed by atoms with Crippen molar-refractivity contribution in [2.24, 2.45) is 11.3 Å². The number of hydrogen-bond donors (Lipinski definition) is 2. The van der Waals surface area contributed by atoms with E-state index in [-0.39, 0.29) is 0 Å². The van der Waals surface area contributed by atoms with Crippen molar-refractivity contribution in [2.75, 3.05) is 45.8 Å². The van der Waals surface area contributed by atoms with Crippen LogP contribution in [0.4, 0.5) is 0 Å². The molecule has 0 atom stereocenters. The summed E-state index contributed by atoms with van der Waals surface area (Å²) < 4.78 is 6.09. The van der Waals surface area contributed by atoms with Crippen LogP contribution >= 0.6 is 0 Å². The van der Waals surface area contributed by atoms with Crippen molar-refractivity contribution in [1.29, 1.82) is 0 Å². The van der Waals surface area contributed by atoms with Gasteiger partial charge < -0.3 is 20.3 Å². The molecule has 1 spiro atoms. The van der Waals surface area contributed by atoms with Crippen LogP contribution in [-0.2, 0) is 4.74 Å². The van der Waals surface area contributed by atoms with Crippen LogP contribution in [0.3, 0.4) is 0 Å². The van der Waals surface area contributed by atoms with Crippen LogP contribution in [0.1, 0.15) is 32.1 Å². The molecule has 3 saturated heterocycles. The zero-order valence-electron chi connectivity index (χ0n) is 12.6. The van der Waals surface area contributed by atoms with Gasteiger partial charge in [-0.05, 0) is 50.0 Å². The second-order valence-electron chi connectivity index (χ2n) is 7.62. The van der Waals surface area contributed by atoms with Crippen molar-refractivity contribution in [3.8, 4) is 0 Å². The van der Waals surface area contributed by atoms with E-state index in [2.05, 4.69) is 15.5 Å². The molecule has 4 fully saturated rings. The maximum Gasteiger partial charge on any atom is 0.0827 e. The second-order valence-corrected chi connectivity index (χ2v) is 7.62. The highest BCUT2D eigenvalue weighted by Crippen LogP contribution is 2.49. The molecule has 20 heavy (non-hydrogen) atoms. The van der Waals surface area contributed by atoms with Crippen LogP contribution in [0.5, 0.6) is 0 Å². The van der Waals surface area contributed by atoms with Crippen LogP contribution in [0.25, 0.3) is 0 Å². The molecular formula is C16H29N3O. The Labute approximate surface area is 122 Å². The Morgan fingerprint density at radius 3 is 2.30 bits per heavy atom. The highest BCUT2D eigenvalue weighted by Gasteiger charge is 2.47. The second kappa shape index (κ2) is 5.56. The lowest BCUT2D eigenvalue weighted by Gasteiger charge is -2.55. The third-order valence-corrected chi connectivity index (χ3v) is 5.96. The minimum absolute atomic E-state index is 0.508. The summed E-state index contributed by atoms with van der Waals surface area (Å²) in [4.78, 5) is 2.67. The summed E-state index contributed by atoms with van der Waals surface area (Å²) in [7, 11) is 0. The predicted molar refractivity (Wildman–Crippen MR) is 79.8 cm³/mol. The van der Waals surface area contributed by atoms with Gasteiger partial charge >= 0.3 is 0 Å². The number of nitrogens with one attached hydrogen (secondary N) is 2. The number of piperidine rings is 1. The lowest BCUT2D eigenvalue weighted by molar-refractivity contribution is -0.0639. The highest BCUT2D eigenvalue weighted by molar-refractivity contribution is 5.02. The summed E-state index contributed by atoms with van der Waals surface area (Å²) in [6.45, 7) is 8.56. The topological polar surface area (TPSA) is 36.5 Å². The van der Waals surface area contributed by atoms with E-state index in [0.29, 0.717) is 12.2 Å². The van der Waals surface area contributed by atoms with E-state index in [4.69, 9.17) is 4.74 Å². The van der Waals surface area contributed by atoms with Gasteiger partial charge in [-0.15, -0.1) is 0 Å². The molecular weight excluding hydrogens is 250 g/mol. The molecule has 0 bridgehead atoms. The smallest absolute Gasteiger partial charge is 0.0827 e. The monoisotopic (exact) mass is 279 g/mol. The molecule has 0 amide bonds. The molecule has 2 N–H and O–H groups in total. The Balaban J connectivity index is 1.10. The quantitative estimate of drug-likeness (QED) is 0.781. The molecule has 1 aliphatic carbocycles. The minimum atomic E-state index is 0.508. The summed E-state index contributed by atoms with van der Waals surface area (Å²) >= 11 is 0. The van der Waals surface area contributed by atoms with Gasteiger partial charge in [0.25, 0.3) is 0 Å². The van der Waals surface area contributed by atoms with Gasteiger partial charge in [-0.25, -0.2) is 0 Å². The number of ether oxygens (including phenoxy) is 1. The summed E-state index contributed by atoms with van der Waals surface area (Å²) in [6.07, 6.45) is 7.95. The Morgan fingerprint density at radius 1 is 1.00 bits per heavy atom. The molecule has 3 heterocycles. The van der Waals surface area contributed by atoms with Gasteiger partial charge in [0.15, 0.2) is 0 Å². The van der Waals surface area contributed by atoms with Gasteiger partial charge in [0.2, 0.25) is 0 Å². The molecule has 0 aromatic heterocycles. The molecule has 0 aromatic rings. The fourth-order valence-electron chi connectivity index (χ4n) is 4.40. The summed E-state index contributed by atoms with van der Waals surface area (Å²) in [5.41, 5.74) is 0.752. The first-order chi connectivity index (χ1) is 9.81. The van der Waals surface area contributed by atoms with Crippen molar-refractivity contribution < 1.29 is 4.74 Å². The van der Waals surface area contributed by atoms with E-state index < -0.39 is 0 Å². The van der Waals surface area contributed by atoms with Crippen molar-refractivity contribution in [2.45, 2.75) is 44.3 Å². The van der Waals surface area contributed by atoms with Crippen LogP contribution in [0.15, 0.2) is 0 Å². The average molecular weight is 279 g/mol. The SMILES string of the molecule is C(CN1CCC(OC2CNC2)CC1)C1CC2(CNC2)C1. The number of nitrogens with zero attached hydrogens (tertiary/aromatic N) is 1. The standard InChI is InChI=1S/C16H29N3O/c1(13-7-16(8-13)11-18-12-16)4-19-5-2-14(3-6-19)20-15-9-17-10-15/h13-15,17-18H,1-12H2. The van der Waals surface area contributed by atoms with E-state index in [1.165, 1.54) is 64.8 Å². The molecule has 4 rings (SSSR count). The first-order valence-electron chi connectivity index (χ1n) is 8.61. The third kappa shape index (κ3) is 2.76. The lowest BCUT2D eigenvalue weighted by Crippen LogP contribution is -2.60. The molecule has 3 aliphatic heterocycles. The van der Waals surface area contributed by atoms with Crippen LogP contribution in [0.2, 0.25) is 0 Å². The zero-order valence-corrected chi connectivity index (χ0v) is 12.6. The third-order valence-electron chi connectivity index (χ3n) is 5.96. The average Bonchev–Trinajstić information content (AvgIpc) is 2.32. The van der Waals surface area contributed by atoms with Gasteiger partial charge in [-0.1, -0.05) is 0 Å². The van der Waals surface area contributed by atoms with Gasteiger partial charge in [0.1, 0.15) is 0 Å². The number of hydrogen-bond acceptors (Lipinski definition) is 4. The molecule has 1 saturated carbocycles. The van der Waals surface area contributed by atoms with Crippen molar-refractivity contribution >= 4 is 0 Å². The van der Waals surface area contributed by atoms with Gasteiger partial charge in [-0.2, -0.15) is 0 Å². The maximum absolute atomic E-state index is 6.09. The molecule has 4 nitrogen and oxygen atoms in total. The van der Waals surface area contributed by atoms with Crippen LogP contribution in [0, 0.1) is 11.3 Å². The van der Waals surface area contributed by atoms with Gasteiger partial charge in [-0.3, -0.25) is 0 Å². The Bertz CT molecular complexity index is 325. The van der Waals surface area contributed by atoms with E-state index in [0.717, 1.165) is 24.4 Å². The van der Waals surface area contributed by atoms with Crippen molar-refractivity contribution in [3.63, 3.8) is 0 Å². The molecule has 114 valence electrons. The minimum Gasteiger partial charge on any atom is -0.372 e. The first-order valence-corrected chi connectivity index (χ1v) is 8.61. The Kier molecular flexibility index (Phi) is 3.75. The van der Waals surface area contributed by atoms with Crippen molar-refractivity contribution in [3.05, 3.63) is 0 Å². The Hall–Kier alpha value is -0.160.